The van der Waals surface area contributed by atoms with Gasteiger partial charge in [0.2, 0.25) is 5.91 Å². The van der Waals surface area contributed by atoms with E-state index in [1.54, 1.807) is 25.2 Å². The van der Waals surface area contributed by atoms with Crippen molar-refractivity contribution in [1.82, 2.24) is 15.1 Å². The summed E-state index contributed by atoms with van der Waals surface area (Å²) in [6.45, 7) is 0.247. The number of rotatable bonds is 2. The summed E-state index contributed by atoms with van der Waals surface area (Å²) in [7, 11) is 1.62. The topological polar surface area (TPSA) is 105 Å². The van der Waals surface area contributed by atoms with Crippen LogP contribution in [0.3, 0.4) is 0 Å². The summed E-state index contributed by atoms with van der Waals surface area (Å²) in [5, 5.41) is 15.8. The van der Waals surface area contributed by atoms with Crippen molar-refractivity contribution >= 4 is 34.5 Å². The SMILES string of the molecule is Cn1nc(C(=O)O)c2cccc(N3CCC(=O)NC3=O)c21. The zero-order valence-electron chi connectivity index (χ0n) is 11.2. The molecule has 1 aliphatic rings. The molecule has 3 rings (SSSR count). The van der Waals surface area contributed by atoms with E-state index in [1.807, 2.05) is 0 Å². The molecule has 1 aromatic heterocycles. The summed E-state index contributed by atoms with van der Waals surface area (Å²) in [5.41, 5.74) is 1.00. The first-order valence-electron chi connectivity index (χ1n) is 6.29. The molecule has 0 bridgehead atoms. The molecular weight excluding hydrogens is 276 g/mol. The van der Waals surface area contributed by atoms with Gasteiger partial charge in [0.1, 0.15) is 0 Å². The molecule has 0 atom stereocenters. The lowest BCUT2D eigenvalue weighted by atomic mass is 10.1. The Hall–Kier alpha value is -2.90. The second-order valence-electron chi connectivity index (χ2n) is 4.71. The Morgan fingerprint density at radius 1 is 1.38 bits per heavy atom. The van der Waals surface area contributed by atoms with Crippen LogP contribution in [0, 0.1) is 0 Å². The predicted molar refractivity (Wildman–Crippen MR) is 73.2 cm³/mol. The second-order valence-corrected chi connectivity index (χ2v) is 4.71. The average molecular weight is 288 g/mol. The lowest BCUT2D eigenvalue weighted by molar-refractivity contribution is -0.120. The summed E-state index contributed by atoms with van der Waals surface area (Å²) in [5.74, 6) is -1.45. The van der Waals surface area contributed by atoms with E-state index in [2.05, 4.69) is 10.4 Å². The number of aryl methyl sites for hydroxylation is 1. The zero-order chi connectivity index (χ0) is 15.1. The van der Waals surface area contributed by atoms with Crippen molar-refractivity contribution in [2.45, 2.75) is 6.42 Å². The molecule has 2 heterocycles. The van der Waals surface area contributed by atoms with Crippen LogP contribution in [0.25, 0.3) is 10.9 Å². The van der Waals surface area contributed by atoms with Crippen LogP contribution >= 0.6 is 0 Å². The van der Waals surface area contributed by atoms with Crippen LogP contribution in [0.4, 0.5) is 10.5 Å². The number of benzene rings is 1. The Bertz CT molecular complexity index is 780. The van der Waals surface area contributed by atoms with Crippen LogP contribution in [-0.4, -0.2) is 39.3 Å². The third-order valence-corrected chi connectivity index (χ3v) is 3.39. The molecule has 1 aliphatic heterocycles. The van der Waals surface area contributed by atoms with Gasteiger partial charge in [-0.15, -0.1) is 0 Å². The van der Waals surface area contributed by atoms with Crippen molar-refractivity contribution < 1.29 is 19.5 Å². The van der Waals surface area contributed by atoms with E-state index < -0.39 is 12.0 Å². The lowest BCUT2D eigenvalue weighted by Crippen LogP contribution is -2.49. The maximum absolute atomic E-state index is 11.9. The molecule has 1 fully saturated rings. The van der Waals surface area contributed by atoms with E-state index >= 15 is 0 Å². The van der Waals surface area contributed by atoms with Crippen LogP contribution in [0.5, 0.6) is 0 Å². The highest BCUT2D eigenvalue weighted by Crippen LogP contribution is 2.29. The maximum atomic E-state index is 11.9. The van der Waals surface area contributed by atoms with Crippen LogP contribution < -0.4 is 10.2 Å². The molecule has 2 N–H and O–H groups in total. The van der Waals surface area contributed by atoms with Gasteiger partial charge in [0, 0.05) is 25.4 Å². The fourth-order valence-corrected chi connectivity index (χ4v) is 2.49. The van der Waals surface area contributed by atoms with Crippen molar-refractivity contribution in [3.8, 4) is 0 Å². The van der Waals surface area contributed by atoms with Gasteiger partial charge in [-0.1, -0.05) is 12.1 Å². The number of aromatic carboxylic acids is 1. The zero-order valence-corrected chi connectivity index (χ0v) is 11.2. The molecule has 1 saturated heterocycles. The van der Waals surface area contributed by atoms with Gasteiger partial charge in [0.25, 0.3) is 0 Å². The standard InChI is InChI=1S/C13H12N4O4/c1-16-11-7(10(15-16)12(19)20)3-2-4-8(11)17-6-5-9(18)14-13(17)21/h2-4H,5-6H2,1H3,(H,19,20)(H,14,18,21). The first kappa shape index (κ1) is 13.1. The molecule has 108 valence electrons. The molecular formula is C13H12N4O4. The molecule has 0 spiro atoms. The van der Waals surface area contributed by atoms with Gasteiger partial charge in [0.05, 0.1) is 11.2 Å². The van der Waals surface area contributed by atoms with E-state index in [9.17, 15) is 19.5 Å². The van der Waals surface area contributed by atoms with Crippen LogP contribution in [-0.2, 0) is 11.8 Å². The van der Waals surface area contributed by atoms with Gasteiger partial charge in [-0.2, -0.15) is 5.10 Å². The molecule has 21 heavy (non-hydrogen) atoms. The molecule has 8 nitrogen and oxygen atoms in total. The number of hydrogen-bond donors (Lipinski definition) is 2. The summed E-state index contributed by atoms with van der Waals surface area (Å²) in [4.78, 5) is 35.8. The monoisotopic (exact) mass is 288 g/mol. The molecule has 1 aromatic carbocycles. The van der Waals surface area contributed by atoms with E-state index in [4.69, 9.17) is 0 Å². The average Bonchev–Trinajstić information content (AvgIpc) is 2.77. The summed E-state index contributed by atoms with van der Waals surface area (Å²) in [6, 6.07) is 4.49. The number of nitrogens with one attached hydrogen (secondary N) is 1. The molecule has 8 heteroatoms. The van der Waals surface area contributed by atoms with Crippen LogP contribution in [0.1, 0.15) is 16.9 Å². The molecule has 2 aromatic rings. The number of imide groups is 1. The smallest absolute Gasteiger partial charge is 0.357 e. The highest BCUT2D eigenvalue weighted by Gasteiger charge is 2.27. The number of carbonyl (C=O) groups is 3. The van der Waals surface area contributed by atoms with Crippen molar-refractivity contribution in [3.63, 3.8) is 0 Å². The molecule has 0 saturated carbocycles. The van der Waals surface area contributed by atoms with E-state index in [1.165, 1.54) is 9.58 Å². The van der Waals surface area contributed by atoms with Gasteiger partial charge >= 0.3 is 12.0 Å². The van der Waals surface area contributed by atoms with E-state index in [-0.39, 0.29) is 24.6 Å². The van der Waals surface area contributed by atoms with Gasteiger partial charge in [0.15, 0.2) is 5.69 Å². The first-order chi connectivity index (χ1) is 9.99. The number of amides is 3. The number of carboxylic acid groups (broad SMARTS) is 1. The Labute approximate surface area is 118 Å². The number of fused-ring (bicyclic) bond motifs is 1. The summed E-state index contributed by atoms with van der Waals surface area (Å²) >= 11 is 0. The molecule has 3 amide bonds. The van der Waals surface area contributed by atoms with E-state index in [0.717, 1.165) is 0 Å². The molecule has 0 aliphatic carbocycles. The van der Waals surface area contributed by atoms with Crippen molar-refractivity contribution in [1.29, 1.82) is 0 Å². The van der Waals surface area contributed by atoms with Gasteiger partial charge < -0.3 is 5.11 Å². The van der Waals surface area contributed by atoms with Crippen LogP contribution in [0.2, 0.25) is 0 Å². The number of carboxylic acids is 1. The Balaban J connectivity index is 2.18. The van der Waals surface area contributed by atoms with E-state index in [0.29, 0.717) is 16.6 Å². The number of urea groups is 1. The largest absolute Gasteiger partial charge is 0.476 e. The number of para-hydroxylation sites is 1. The second kappa shape index (κ2) is 4.58. The van der Waals surface area contributed by atoms with Gasteiger partial charge in [-0.05, 0) is 6.07 Å². The molecule has 0 unspecified atom stereocenters. The number of carbonyl (C=O) groups excluding carboxylic acids is 2. The minimum atomic E-state index is -1.13. The summed E-state index contributed by atoms with van der Waals surface area (Å²) < 4.78 is 1.43. The van der Waals surface area contributed by atoms with Crippen molar-refractivity contribution in [2.75, 3.05) is 11.4 Å². The van der Waals surface area contributed by atoms with Crippen LogP contribution in [0.15, 0.2) is 18.2 Å². The first-order valence-corrected chi connectivity index (χ1v) is 6.29. The quantitative estimate of drug-likeness (QED) is 0.847. The van der Waals surface area contributed by atoms with Crippen molar-refractivity contribution in [2.24, 2.45) is 7.05 Å². The fraction of sp³-hybridized carbons (Fsp3) is 0.231. The maximum Gasteiger partial charge on any atom is 0.357 e. The summed E-state index contributed by atoms with van der Waals surface area (Å²) in [6.07, 6.45) is 0.200. The highest BCUT2D eigenvalue weighted by atomic mass is 16.4. The normalized spacial score (nSPS) is 15.4. The van der Waals surface area contributed by atoms with Gasteiger partial charge in [-0.3, -0.25) is 19.7 Å². The third-order valence-electron chi connectivity index (χ3n) is 3.39. The third kappa shape index (κ3) is 2.00. The van der Waals surface area contributed by atoms with Crippen molar-refractivity contribution in [3.05, 3.63) is 23.9 Å². The Morgan fingerprint density at radius 3 is 2.81 bits per heavy atom. The number of hydrogen-bond acceptors (Lipinski definition) is 4. The number of aromatic nitrogens is 2. The minimum absolute atomic E-state index is 0.0668. The lowest BCUT2D eigenvalue weighted by Gasteiger charge is -2.27. The fourth-order valence-electron chi connectivity index (χ4n) is 2.49. The predicted octanol–water partition coefficient (Wildman–Crippen LogP) is 0.718. The Kier molecular flexibility index (Phi) is 2.86. The number of anilines is 1. The minimum Gasteiger partial charge on any atom is -0.476 e. The van der Waals surface area contributed by atoms with Gasteiger partial charge in [-0.25, -0.2) is 9.59 Å². The number of nitrogens with zero attached hydrogens (tertiary/aromatic N) is 3. The molecule has 0 radical (unpaired) electrons. The highest BCUT2D eigenvalue weighted by molar-refractivity contribution is 6.11. The Morgan fingerprint density at radius 2 is 2.14 bits per heavy atom.